The Hall–Kier alpha value is -1.92. The summed E-state index contributed by atoms with van der Waals surface area (Å²) in [7, 11) is 0. The summed E-state index contributed by atoms with van der Waals surface area (Å²) in [4.78, 5) is 0.501. The van der Waals surface area contributed by atoms with Crippen LogP contribution in [0.25, 0.3) is 5.65 Å². The van der Waals surface area contributed by atoms with Gasteiger partial charge < -0.3 is 5.73 Å². The van der Waals surface area contributed by atoms with E-state index in [1.807, 2.05) is 41.8 Å². The van der Waals surface area contributed by atoms with Gasteiger partial charge in [-0.3, -0.25) is 4.40 Å². The molecule has 3 rings (SSSR count). The molecular weight excluding hydrogens is 275 g/mol. The van der Waals surface area contributed by atoms with E-state index in [1.165, 1.54) is 17.8 Å². The Morgan fingerprint density at radius 1 is 1.20 bits per heavy atom. The summed E-state index contributed by atoms with van der Waals surface area (Å²) in [5.74, 6) is -0.294. The average molecular weight is 288 g/mol. The van der Waals surface area contributed by atoms with Crippen LogP contribution in [0.4, 0.5) is 4.39 Å². The van der Waals surface area contributed by atoms with E-state index in [0.717, 1.165) is 11.2 Å². The number of hydrogen-bond acceptors (Lipinski definition) is 4. The molecule has 20 heavy (non-hydrogen) atoms. The minimum atomic E-state index is -0.294. The number of benzene rings is 1. The first-order valence-corrected chi connectivity index (χ1v) is 7.00. The van der Waals surface area contributed by atoms with Crippen LogP contribution >= 0.6 is 11.8 Å². The lowest BCUT2D eigenvalue weighted by Gasteiger charge is -2.12. The second-order valence-corrected chi connectivity index (χ2v) is 5.44. The molecule has 4 nitrogen and oxygen atoms in total. The van der Waals surface area contributed by atoms with E-state index >= 15 is 0 Å². The summed E-state index contributed by atoms with van der Waals surface area (Å²) >= 11 is 1.24. The van der Waals surface area contributed by atoms with Gasteiger partial charge in [0.1, 0.15) is 5.82 Å². The summed E-state index contributed by atoms with van der Waals surface area (Å²) in [6, 6.07) is 10.3. The normalized spacial score (nSPS) is 12.8. The van der Waals surface area contributed by atoms with E-state index in [2.05, 4.69) is 10.2 Å². The zero-order valence-electron chi connectivity index (χ0n) is 10.8. The fraction of sp³-hybridized carbons (Fsp3) is 0.143. The van der Waals surface area contributed by atoms with Crippen LogP contribution in [0.1, 0.15) is 18.5 Å². The fourth-order valence-electron chi connectivity index (χ4n) is 1.97. The van der Waals surface area contributed by atoms with Gasteiger partial charge in [0.2, 0.25) is 5.16 Å². The van der Waals surface area contributed by atoms with Crippen molar-refractivity contribution < 1.29 is 4.39 Å². The zero-order chi connectivity index (χ0) is 14.1. The van der Waals surface area contributed by atoms with Crippen molar-refractivity contribution in [2.45, 2.75) is 23.0 Å². The lowest BCUT2D eigenvalue weighted by atomic mass is 10.1. The van der Waals surface area contributed by atoms with Gasteiger partial charge in [0.05, 0.1) is 4.90 Å². The van der Waals surface area contributed by atoms with Crippen molar-refractivity contribution in [1.29, 1.82) is 0 Å². The molecule has 3 aromatic rings. The Morgan fingerprint density at radius 3 is 2.85 bits per heavy atom. The lowest BCUT2D eigenvalue weighted by molar-refractivity contribution is 0.591. The Kier molecular flexibility index (Phi) is 3.42. The van der Waals surface area contributed by atoms with E-state index in [-0.39, 0.29) is 11.9 Å². The Bertz CT molecular complexity index is 754. The van der Waals surface area contributed by atoms with Crippen molar-refractivity contribution in [3.8, 4) is 0 Å². The van der Waals surface area contributed by atoms with Crippen LogP contribution in [0.2, 0.25) is 0 Å². The van der Waals surface area contributed by atoms with Gasteiger partial charge in [-0.15, -0.1) is 10.2 Å². The molecule has 0 aliphatic carbocycles. The van der Waals surface area contributed by atoms with Crippen LogP contribution in [0.15, 0.2) is 52.6 Å². The number of halogens is 1. The molecule has 0 amide bonds. The highest BCUT2D eigenvalue weighted by Gasteiger charge is 2.16. The predicted molar refractivity (Wildman–Crippen MR) is 76.1 cm³/mol. The van der Waals surface area contributed by atoms with Gasteiger partial charge in [-0.25, -0.2) is 4.39 Å². The SMILES string of the molecule is C[C@H](N)c1cccc(F)c1Sc1nnc2ccccn12. The molecule has 0 unspecified atom stereocenters. The summed E-state index contributed by atoms with van der Waals surface area (Å²) in [6.07, 6.45) is 1.85. The van der Waals surface area contributed by atoms with Crippen LogP contribution in [-0.2, 0) is 0 Å². The summed E-state index contributed by atoms with van der Waals surface area (Å²) < 4.78 is 15.9. The molecule has 0 saturated heterocycles. The van der Waals surface area contributed by atoms with Crippen LogP contribution in [0.3, 0.4) is 0 Å². The Balaban J connectivity index is 2.07. The summed E-state index contributed by atoms with van der Waals surface area (Å²) in [5.41, 5.74) is 7.40. The minimum absolute atomic E-state index is 0.243. The molecular formula is C14H13FN4S. The number of pyridine rings is 1. The molecule has 0 aliphatic rings. The molecule has 0 saturated carbocycles. The van der Waals surface area contributed by atoms with Crippen molar-refractivity contribution in [3.63, 3.8) is 0 Å². The quantitative estimate of drug-likeness (QED) is 0.805. The van der Waals surface area contributed by atoms with Crippen molar-refractivity contribution in [3.05, 3.63) is 54.0 Å². The first-order chi connectivity index (χ1) is 9.66. The molecule has 1 aromatic carbocycles. The van der Waals surface area contributed by atoms with E-state index in [4.69, 9.17) is 5.73 Å². The van der Waals surface area contributed by atoms with E-state index in [9.17, 15) is 4.39 Å². The van der Waals surface area contributed by atoms with E-state index < -0.39 is 0 Å². The molecule has 2 aromatic heterocycles. The maximum atomic E-state index is 14.1. The molecule has 102 valence electrons. The minimum Gasteiger partial charge on any atom is -0.324 e. The van der Waals surface area contributed by atoms with Gasteiger partial charge in [-0.2, -0.15) is 0 Å². The molecule has 0 bridgehead atoms. The first-order valence-electron chi connectivity index (χ1n) is 6.18. The second-order valence-electron chi connectivity index (χ2n) is 4.46. The first kappa shape index (κ1) is 13.1. The van der Waals surface area contributed by atoms with Crippen LogP contribution < -0.4 is 5.73 Å². The lowest BCUT2D eigenvalue weighted by Crippen LogP contribution is -2.07. The highest BCUT2D eigenvalue weighted by molar-refractivity contribution is 7.99. The smallest absolute Gasteiger partial charge is 0.200 e. The standard InChI is InChI=1S/C14H13FN4S/c1-9(16)10-5-4-6-11(15)13(10)20-14-18-17-12-7-2-3-8-19(12)14/h2-9H,16H2,1H3/t9-/m0/s1. The average Bonchev–Trinajstić information content (AvgIpc) is 2.84. The molecule has 0 spiro atoms. The summed E-state index contributed by atoms with van der Waals surface area (Å²) in [5, 5.41) is 8.78. The molecule has 0 fully saturated rings. The largest absolute Gasteiger partial charge is 0.324 e. The molecule has 0 aliphatic heterocycles. The highest BCUT2D eigenvalue weighted by atomic mass is 32.2. The number of nitrogens with two attached hydrogens (primary N) is 1. The fourth-order valence-corrected chi connectivity index (χ4v) is 3.03. The van der Waals surface area contributed by atoms with Gasteiger partial charge in [0.15, 0.2) is 5.65 Å². The third-order valence-corrected chi connectivity index (χ3v) is 4.06. The number of hydrogen-bond donors (Lipinski definition) is 1. The third kappa shape index (κ3) is 2.28. The molecule has 2 heterocycles. The Labute approximate surface area is 119 Å². The number of aromatic nitrogens is 3. The Morgan fingerprint density at radius 2 is 2.05 bits per heavy atom. The highest BCUT2D eigenvalue weighted by Crippen LogP contribution is 2.33. The van der Waals surface area contributed by atoms with Gasteiger partial charge >= 0.3 is 0 Å². The van der Waals surface area contributed by atoms with Gasteiger partial charge in [-0.1, -0.05) is 18.2 Å². The molecule has 1 atom stereocenters. The third-order valence-electron chi connectivity index (χ3n) is 2.96. The van der Waals surface area contributed by atoms with Gasteiger partial charge in [-0.05, 0) is 42.4 Å². The second kappa shape index (κ2) is 5.22. The number of rotatable bonds is 3. The van der Waals surface area contributed by atoms with Crippen LogP contribution in [0, 0.1) is 5.82 Å². The maximum Gasteiger partial charge on any atom is 0.200 e. The van der Waals surface area contributed by atoms with Gasteiger partial charge in [0, 0.05) is 12.2 Å². The van der Waals surface area contributed by atoms with Crippen molar-refractivity contribution >= 4 is 17.4 Å². The van der Waals surface area contributed by atoms with Crippen LogP contribution in [-0.4, -0.2) is 14.6 Å². The predicted octanol–water partition coefficient (Wildman–Crippen LogP) is 3.04. The molecule has 2 N–H and O–H groups in total. The maximum absolute atomic E-state index is 14.1. The molecule has 6 heteroatoms. The zero-order valence-corrected chi connectivity index (χ0v) is 11.6. The van der Waals surface area contributed by atoms with Crippen molar-refractivity contribution in [2.75, 3.05) is 0 Å². The number of nitrogens with zero attached hydrogens (tertiary/aromatic N) is 3. The van der Waals surface area contributed by atoms with Gasteiger partial charge in [0.25, 0.3) is 0 Å². The summed E-state index contributed by atoms with van der Waals surface area (Å²) in [6.45, 7) is 1.83. The van der Waals surface area contributed by atoms with E-state index in [1.54, 1.807) is 6.07 Å². The topological polar surface area (TPSA) is 56.2 Å². The molecule has 0 radical (unpaired) electrons. The van der Waals surface area contributed by atoms with Crippen molar-refractivity contribution in [1.82, 2.24) is 14.6 Å². The van der Waals surface area contributed by atoms with Crippen molar-refractivity contribution in [2.24, 2.45) is 5.73 Å². The number of fused-ring (bicyclic) bond motifs is 1. The van der Waals surface area contributed by atoms with Crippen LogP contribution in [0.5, 0.6) is 0 Å². The monoisotopic (exact) mass is 288 g/mol. The van der Waals surface area contributed by atoms with E-state index in [0.29, 0.717) is 10.1 Å².